The van der Waals surface area contributed by atoms with E-state index in [9.17, 15) is 4.57 Å². The van der Waals surface area contributed by atoms with E-state index in [1.807, 2.05) is 97.1 Å². The van der Waals surface area contributed by atoms with Crippen LogP contribution in [0.5, 0.6) is 5.75 Å². The average Bonchev–Trinajstić information content (AvgIpc) is 2.85. The molecule has 158 valence electrons. The molecule has 0 amide bonds. The fraction of sp³-hybridized carbons (Fsp3) is 0.0370. The lowest BCUT2D eigenvalue weighted by Crippen LogP contribution is -2.03. The lowest BCUT2D eigenvalue weighted by molar-refractivity contribution is 0.420. The van der Waals surface area contributed by atoms with E-state index in [1.165, 1.54) is 0 Å². The Balaban J connectivity index is 1.63. The second-order valence-corrected chi connectivity index (χ2v) is 9.66. The van der Waals surface area contributed by atoms with E-state index in [2.05, 4.69) is 5.09 Å². The topological polar surface area (TPSA) is 47.6 Å². The summed E-state index contributed by atoms with van der Waals surface area (Å²) in [6.45, 7) is 0. The number of hydrogen-bond donors (Lipinski definition) is 1. The van der Waals surface area contributed by atoms with Crippen LogP contribution in [-0.2, 0) is 9.30 Å². The number of benzene rings is 4. The number of methoxy groups -OCH3 is 1. The lowest BCUT2D eigenvalue weighted by atomic mass is 10.1. The van der Waals surface area contributed by atoms with Crippen LogP contribution in [0, 0.1) is 0 Å². The smallest absolute Gasteiger partial charge is 0.220 e. The van der Waals surface area contributed by atoms with Crippen molar-refractivity contribution in [2.45, 2.75) is 0 Å². The maximum Gasteiger partial charge on any atom is 0.220 e. The Hall–Kier alpha value is -3.75. The first-order valence-corrected chi connectivity index (χ1v) is 12.2. The maximum absolute atomic E-state index is 14.2. The molecule has 4 nitrogen and oxygen atoms in total. The molecule has 0 fully saturated rings. The monoisotopic (exact) mass is 439 g/mol. The molecular weight excluding hydrogens is 417 g/mol. The van der Waals surface area contributed by atoms with Crippen molar-refractivity contribution in [3.63, 3.8) is 0 Å². The number of anilines is 1. The van der Waals surface area contributed by atoms with E-state index in [1.54, 1.807) is 18.7 Å². The van der Waals surface area contributed by atoms with Crippen LogP contribution >= 0.6 is 7.29 Å². The van der Waals surface area contributed by atoms with Crippen molar-refractivity contribution >= 4 is 35.3 Å². The van der Waals surface area contributed by atoms with Crippen LogP contribution in [0.15, 0.2) is 109 Å². The van der Waals surface area contributed by atoms with Gasteiger partial charge in [-0.3, -0.25) is 4.57 Å². The minimum absolute atomic E-state index is 0.570. The van der Waals surface area contributed by atoms with E-state index in [0.29, 0.717) is 11.5 Å². The van der Waals surface area contributed by atoms with Crippen molar-refractivity contribution in [1.29, 1.82) is 0 Å². The summed E-state index contributed by atoms with van der Waals surface area (Å²) in [6, 6.07) is 31.2. The molecule has 0 spiro atoms. The predicted octanol–water partition coefficient (Wildman–Crippen LogP) is 7.57. The summed E-state index contributed by atoms with van der Waals surface area (Å²) in [7, 11) is -1.49. The first-order valence-electron chi connectivity index (χ1n) is 10.3. The molecule has 0 unspecified atom stereocenters. The Kier molecular flexibility index (Phi) is 5.30. The number of rotatable bonds is 5. The van der Waals surface area contributed by atoms with Crippen LogP contribution < -0.4 is 9.82 Å². The molecule has 4 aromatic carbocycles. The van der Waals surface area contributed by atoms with Crippen LogP contribution in [0.25, 0.3) is 22.3 Å². The lowest BCUT2D eigenvalue weighted by Gasteiger charge is -2.24. The van der Waals surface area contributed by atoms with Crippen molar-refractivity contribution in [2.24, 2.45) is 0 Å². The summed E-state index contributed by atoms with van der Waals surface area (Å²) in [5, 5.41) is 5.22. The highest BCUT2D eigenvalue weighted by Crippen LogP contribution is 2.56. The molecular formula is C27H22NO3P. The summed E-state index contributed by atoms with van der Waals surface area (Å²) < 4.78 is 25.9. The molecule has 0 radical (unpaired) electrons. The standard InChI is InChI=1S/C27H22NO3P/c1-30-25-17-16-24(22-14-8-9-15-23(22)25)28-32(29)18-26(20-10-4-2-5-11-20)31-27(19-32)21-12-6-3-7-13-21/h2-19H,1H3,(H,28,29). The zero-order valence-corrected chi connectivity index (χ0v) is 18.5. The van der Waals surface area contributed by atoms with Crippen LogP contribution in [0.1, 0.15) is 11.1 Å². The molecule has 5 rings (SSSR count). The van der Waals surface area contributed by atoms with Gasteiger partial charge in [-0.25, -0.2) is 0 Å². The Morgan fingerprint density at radius 2 is 1.22 bits per heavy atom. The highest BCUT2D eigenvalue weighted by atomic mass is 31.2. The third-order valence-electron chi connectivity index (χ3n) is 5.35. The Morgan fingerprint density at radius 1 is 0.688 bits per heavy atom. The third-order valence-corrected chi connectivity index (χ3v) is 7.18. The zero-order valence-electron chi connectivity index (χ0n) is 17.6. The van der Waals surface area contributed by atoms with Crippen LogP contribution in [0.2, 0.25) is 0 Å². The van der Waals surface area contributed by atoms with E-state index in [-0.39, 0.29) is 0 Å². The number of fused-ring (bicyclic) bond motifs is 1. The highest BCUT2D eigenvalue weighted by Gasteiger charge is 2.27. The minimum atomic E-state index is -3.15. The fourth-order valence-corrected chi connectivity index (χ4v) is 5.70. The first kappa shape index (κ1) is 20.2. The van der Waals surface area contributed by atoms with Gasteiger partial charge in [-0.2, -0.15) is 0 Å². The van der Waals surface area contributed by atoms with Gasteiger partial charge in [-0.15, -0.1) is 0 Å². The fourth-order valence-electron chi connectivity index (χ4n) is 3.83. The van der Waals surface area contributed by atoms with E-state index < -0.39 is 7.29 Å². The Labute approximate surface area is 187 Å². The molecule has 0 bridgehead atoms. The Bertz CT molecular complexity index is 1320. The molecule has 1 aliphatic rings. The zero-order chi connectivity index (χ0) is 22.0. The molecule has 1 aliphatic heterocycles. The minimum Gasteiger partial charge on any atom is -0.496 e. The van der Waals surface area contributed by atoms with Gasteiger partial charge in [-0.05, 0) is 12.1 Å². The summed E-state index contributed by atoms with van der Waals surface area (Å²) in [5.41, 5.74) is 2.52. The molecule has 0 saturated heterocycles. The quantitative estimate of drug-likeness (QED) is 0.326. The Morgan fingerprint density at radius 3 is 1.78 bits per heavy atom. The molecule has 0 aromatic heterocycles. The highest BCUT2D eigenvalue weighted by molar-refractivity contribution is 7.72. The second kappa shape index (κ2) is 8.41. The summed E-state index contributed by atoms with van der Waals surface area (Å²) in [5.74, 6) is 5.32. The molecule has 4 aromatic rings. The molecule has 5 heteroatoms. The number of hydrogen-bond acceptors (Lipinski definition) is 3. The summed E-state index contributed by atoms with van der Waals surface area (Å²) in [6.07, 6.45) is 0. The average molecular weight is 439 g/mol. The third kappa shape index (κ3) is 3.93. The SMILES string of the molecule is COc1ccc(NP2(=O)C=C(c3ccccc3)OC(c3ccccc3)=C2)c2ccccc12. The first-order chi connectivity index (χ1) is 15.6. The van der Waals surface area contributed by atoms with Crippen LogP contribution in [-0.4, -0.2) is 7.11 Å². The van der Waals surface area contributed by atoms with E-state index in [4.69, 9.17) is 9.47 Å². The molecule has 0 atom stereocenters. The molecule has 0 saturated carbocycles. The number of nitrogens with one attached hydrogen (secondary N) is 1. The van der Waals surface area contributed by atoms with Crippen LogP contribution in [0.4, 0.5) is 5.69 Å². The van der Waals surface area contributed by atoms with Gasteiger partial charge >= 0.3 is 0 Å². The van der Waals surface area contributed by atoms with Crippen molar-refractivity contribution < 1.29 is 14.0 Å². The molecule has 32 heavy (non-hydrogen) atoms. The normalized spacial score (nSPS) is 14.8. The van der Waals surface area contributed by atoms with Gasteiger partial charge in [0.05, 0.1) is 7.11 Å². The van der Waals surface area contributed by atoms with E-state index in [0.717, 1.165) is 33.3 Å². The van der Waals surface area contributed by atoms with Gasteiger partial charge in [0.15, 0.2) is 0 Å². The van der Waals surface area contributed by atoms with Crippen LogP contribution in [0.3, 0.4) is 0 Å². The van der Waals surface area contributed by atoms with E-state index >= 15 is 0 Å². The van der Waals surface area contributed by atoms with Crippen molar-refractivity contribution in [2.75, 3.05) is 12.2 Å². The van der Waals surface area contributed by atoms with Gasteiger partial charge in [-0.1, -0.05) is 84.9 Å². The predicted molar refractivity (Wildman–Crippen MR) is 132 cm³/mol. The van der Waals surface area contributed by atoms with Crippen molar-refractivity contribution in [3.8, 4) is 5.75 Å². The van der Waals surface area contributed by atoms with Crippen molar-refractivity contribution in [3.05, 3.63) is 120 Å². The largest absolute Gasteiger partial charge is 0.496 e. The maximum atomic E-state index is 14.2. The van der Waals surface area contributed by atoms with Gasteiger partial charge < -0.3 is 14.6 Å². The van der Waals surface area contributed by atoms with Gasteiger partial charge in [0.1, 0.15) is 17.3 Å². The van der Waals surface area contributed by atoms with Gasteiger partial charge in [0, 0.05) is 39.2 Å². The summed E-state index contributed by atoms with van der Waals surface area (Å²) in [4.78, 5) is 0. The molecule has 1 heterocycles. The number of ether oxygens (including phenoxy) is 2. The van der Waals surface area contributed by atoms with Gasteiger partial charge in [0.25, 0.3) is 0 Å². The van der Waals surface area contributed by atoms with Gasteiger partial charge in [0.2, 0.25) is 7.29 Å². The molecule has 1 N–H and O–H groups in total. The molecule has 0 aliphatic carbocycles. The van der Waals surface area contributed by atoms with Crippen molar-refractivity contribution in [1.82, 2.24) is 0 Å². The second-order valence-electron chi connectivity index (χ2n) is 7.50. The summed E-state index contributed by atoms with van der Waals surface area (Å²) >= 11 is 0.